The fourth-order valence-electron chi connectivity index (χ4n) is 2.98. The second kappa shape index (κ2) is 7.80. The van der Waals surface area contributed by atoms with Crippen LogP contribution in [0.4, 0.5) is 0 Å². The maximum absolute atomic E-state index is 12.8. The van der Waals surface area contributed by atoms with Gasteiger partial charge in [-0.1, -0.05) is 49.0 Å². The summed E-state index contributed by atoms with van der Waals surface area (Å²) in [5, 5.41) is 6.05. The zero-order valence-corrected chi connectivity index (χ0v) is 15.9. The average molecular weight is 376 g/mol. The number of fused-ring (bicyclic) bond motifs is 1. The summed E-state index contributed by atoms with van der Waals surface area (Å²) in [7, 11) is 0. The van der Waals surface area contributed by atoms with Crippen LogP contribution in [0.3, 0.4) is 0 Å². The molecule has 4 rings (SSSR count). The predicted molar refractivity (Wildman–Crippen MR) is 109 cm³/mol. The highest BCUT2D eigenvalue weighted by Gasteiger charge is 2.12. The van der Waals surface area contributed by atoms with Gasteiger partial charge in [-0.2, -0.15) is 5.10 Å². The van der Waals surface area contributed by atoms with E-state index in [1.165, 1.54) is 0 Å². The van der Waals surface area contributed by atoms with E-state index in [1.807, 2.05) is 71.5 Å². The molecule has 136 valence electrons. The molecule has 0 amide bonds. The van der Waals surface area contributed by atoms with E-state index in [0.717, 1.165) is 28.5 Å². The van der Waals surface area contributed by atoms with Crippen molar-refractivity contribution in [1.29, 1.82) is 0 Å². The summed E-state index contributed by atoms with van der Waals surface area (Å²) in [5.74, 6) is 0.661. The van der Waals surface area contributed by atoms with Gasteiger partial charge in [0.1, 0.15) is 0 Å². The highest BCUT2D eigenvalue weighted by molar-refractivity contribution is 7.98. The molecule has 27 heavy (non-hydrogen) atoms. The highest BCUT2D eigenvalue weighted by Crippen LogP contribution is 2.22. The van der Waals surface area contributed by atoms with Crippen molar-refractivity contribution in [2.45, 2.75) is 30.8 Å². The summed E-state index contributed by atoms with van der Waals surface area (Å²) in [6.45, 7) is 2.73. The fourth-order valence-corrected chi connectivity index (χ4v) is 3.90. The van der Waals surface area contributed by atoms with Crippen LogP contribution < -0.4 is 5.56 Å². The Morgan fingerprint density at radius 1 is 1.00 bits per heavy atom. The number of rotatable bonds is 6. The van der Waals surface area contributed by atoms with Crippen molar-refractivity contribution in [2.24, 2.45) is 0 Å². The first kappa shape index (κ1) is 17.5. The SMILES string of the molecule is CCCn1c(SCc2ccn(-c3ccccc3)n2)nc2ccccc2c1=O. The van der Waals surface area contributed by atoms with Crippen molar-refractivity contribution >= 4 is 22.7 Å². The molecule has 0 aliphatic carbocycles. The van der Waals surface area contributed by atoms with Crippen LogP contribution in [-0.4, -0.2) is 19.3 Å². The first-order valence-electron chi connectivity index (χ1n) is 8.98. The van der Waals surface area contributed by atoms with Crippen molar-refractivity contribution in [3.05, 3.63) is 82.9 Å². The van der Waals surface area contributed by atoms with Gasteiger partial charge in [0.25, 0.3) is 5.56 Å². The van der Waals surface area contributed by atoms with Gasteiger partial charge in [-0.05, 0) is 36.8 Å². The molecule has 6 heteroatoms. The molecule has 0 aliphatic heterocycles. The molecule has 0 radical (unpaired) electrons. The standard InChI is InChI=1S/C21H20N4OS/c1-2-13-24-20(26)18-10-6-7-11-19(18)22-21(24)27-15-16-12-14-25(23-16)17-8-4-3-5-9-17/h3-12,14H,2,13,15H2,1H3. The predicted octanol–water partition coefficient (Wildman–Crippen LogP) is 4.28. The van der Waals surface area contributed by atoms with Gasteiger partial charge in [-0.25, -0.2) is 9.67 Å². The molecule has 0 unspecified atom stereocenters. The third-order valence-electron chi connectivity index (χ3n) is 4.29. The van der Waals surface area contributed by atoms with Gasteiger partial charge in [0, 0.05) is 18.5 Å². The summed E-state index contributed by atoms with van der Waals surface area (Å²) in [6, 6.07) is 19.5. The van der Waals surface area contributed by atoms with Crippen molar-refractivity contribution in [2.75, 3.05) is 0 Å². The molecule has 0 fully saturated rings. The Labute approximate surface area is 161 Å². The number of aromatic nitrogens is 4. The molecule has 2 aromatic carbocycles. The van der Waals surface area contributed by atoms with Crippen LogP contribution in [-0.2, 0) is 12.3 Å². The van der Waals surface area contributed by atoms with E-state index in [1.54, 1.807) is 16.3 Å². The molecule has 2 heterocycles. The van der Waals surface area contributed by atoms with Gasteiger partial charge in [0.2, 0.25) is 0 Å². The molecular formula is C21H20N4OS. The molecule has 5 nitrogen and oxygen atoms in total. The molecule has 0 atom stereocenters. The van der Waals surface area contributed by atoms with Gasteiger partial charge >= 0.3 is 0 Å². The van der Waals surface area contributed by atoms with Crippen LogP contribution in [0.1, 0.15) is 19.0 Å². The average Bonchev–Trinajstić information content (AvgIpc) is 3.19. The van der Waals surface area contributed by atoms with E-state index in [0.29, 0.717) is 17.7 Å². The van der Waals surface area contributed by atoms with Gasteiger partial charge in [0.15, 0.2) is 5.16 Å². The summed E-state index contributed by atoms with van der Waals surface area (Å²) in [6.07, 6.45) is 2.84. The summed E-state index contributed by atoms with van der Waals surface area (Å²) in [5.41, 5.74) is 2.75. The van der Waals surface area contributed by atoms with Crippen LogP contribution in [0.2, 0.25) is 0 Å². The maximum atomic E-state index is 12.8. The Balaban J connectivity index is 1.61. The summed E-state index contributed by atoms with van der Waals surface area (Å²) >= 11 is 1.55. The van der Waals surface area contributed by atoms with E-state index in [-0.39, 0.29) is 5.56 Å². The molecule has 0 saturated heterocycles. The number of nitrogens with zero attached hydrogens (tertiary/aromatic N) is 4. The Hall–Kier alpha value is -2.86. The topological polar surface area (TPSA) is 52.7 Å². The number of thioether (sulfide) groups is 1. The summed E-state index contributed by atoms with van der Waals surface area (Å²) < 4.78 is 3.64. The van der Waals surface area contributed by atoms with Crippen LogP contribution in [0.15, 0.2) is 76.8 Å². The number of para-hydroxylation sites is 2. The molecule has 0 N–H and O–H groups in total. The molecule has 0 spiro atoms. The van der Waals surface area contributed by atoms with Crippen LogP contribution in [0.25, 0.3) is 16.6 Å². The quantitative estimate of drug-likeness (QED) is 0.372. The lowest BCUT2D eigenvalue weighted by molar-refractivity contribution is 0.584. The van der Waals surface area contributed by atoms with E-state index in [4.69, 9.17) is 4.98 Å². The van der Waals surface area contributed by atoms with Gasteiger partial charge in [-0.15, -0.1) is 0 Å². The monoisotopic (exact) mass is 376 g/mol. The minimum absolute atomic E-state index is 0.0276. The second-order valence-electron chi connectivity index (χ2n) is 6.24. The number of hydrogen-bond donors (Lipinski definition) is 0. The molecule has 4 aromatic rings. The van der Waals surface area contributed by atoms with Crippen LogP contribution >= 0.6 is 11.8 Å². The Bertz CT molecular complexity index is 1120. The van der Waals surface area contributed by atoms with E-state index >= 15 is 0 Å². The van der Waals surface area contributed by atoms with Crippen LogP contribution in [0, 0.1) is 0 Å². The van der Waals surface area contributed by atoms with Crippen molar-refractivity contribution in [3.63, 3.8) is 0 Å². The minimum Gasteiger partial charge on any atom is -0.287 e. The Kier molecular flexibility index (Phi) is 5.07. The fraction of sp³-hybridized carbons (Fsp3) is 0.190. The lowest BCUT2D eigenvalue weighted by atomic mass is 10.2. The van der Waals surface area contributed by atoms with E-state index in [9.17, 15) is 4.79 Å². The normalized spacial score (nSPS) is 11.1. The van der Waals surface area contributed by atoms with Crippen molar-refractivity contribution in [3.8, 4) is 5.69 Å². The van der Waals surface area contributed by atoms with Crippen molar-refractivity contribution < 1.29 is 0 Å². The smallest absolute Gasteiger partial charge is 0.262 e. The first-order valence-corrected chi connectivity index (χ1v) is 9.97. The lowest BCUT2D eigenvalue weighted by Crippen LogP contribution is -2.23. The Morgan fingerprint density at radius 2 is 1.78 bits per heavy atom. The largest absolute Gasteiger partial charge is 0.287 e. The molecule has 2 aromatic heterocycles. The number of hydrogen-bond acceptors (Lipinski definition) is 4. The zero-order valence-electron chi connectivity index (χ0n) is 15.1. The highest BCUT2D eigenvalue weighted by atomic mass is 32.2. The molecule has 0 saturated carbocycles. The second-order valence-corrected chi connectivity index (χ2v) is 7.19. The van der Waals surface area contributed by atoms with E-state index in [2.05, 4.69) is 12.0 Å². The maximum Gasteiger partial charge on any atom is 0.262 e. The minimum atomic E-state index is 0.0276. The number of benzene rings is 2. The molecule has 0 bridgehead atoms. The van der Waals surface area contributed by atoms with Gasteiger partial charge in [0.05, 0.1) is 22.3 Å². The van der Waals surface area contributed by atoms with Crippen LogP contribution in [0.5, 0.6) is 0 Å². The Morgan fingerprint density at radius 3 is 2.59 bits per heavy atom. The zero-order chi connectivity index (χ0) is 18.6. The summed E-state index contributed by atoms with van der Waals surface area (Å²) in [4.78, 5) is 17.6. The van der Waals surface area contributed by atoms with Gasteiger partial charge in [-0.3, -0.25) is 9.36 Å². The third-order valence-corrected chi connectivity index (χ3v) is 5.30. The van der Waals surface area contributed by atoms with Crippen molar-refractivity contribution in [1.82, 2.24) is 19.3 Å². The third kappa shape index (κ3) is 3.66. The molecular weight excluding hydrogens is 356 g/mol. The molecule has 0 aliphatic rings. The van der Waals surface area contributed by atoms with E-state index < -0.39 is 0 Å². The van der Waals surface area contributed by atoms with Gasteiger partial charge < -0.3 is 0 Å². The lowest BCUT2D eigenvalue weighted by Gasteiger charge is -2.11. The first-order chi connectivity index (χ1) is 13.3.